The van der Waals surface area contributed by atoms with Gasteiger partial charge in [0.2, 0.25) is 5.88 Å². The Morgan fingerprint density at radius 2 is 1.79 bits per heavy atom. The molecule has 4 aromatic rings. The van der Waals surface area contributed by atoms with E-state index in [-0.39, 0.29) is 5.97 Å². The predicted molar refractivity (Wildman–Crippen MR) is 107 cm³/mol. The molecular formula is C23H19N3O2. The van der Waals surface area contributed by atoms with E-state index in [0.717, 1.165) is 47.3 Å². The van der Waals surface area contributed by atoms with Crippen LogP contribution in [0.15, 0.2) is 60.9 Å². The van der Waals surface area contributed by atoms with E-state index in [1.54, 1.807) is 10.7 Å². The summed E-state index contributed by atoms with van der Waals surface area (Å²) in [4.78, 5) is 21.4. The van der Waals surface area contributed by atoms with Crippen molar-refractivity contribution in [3.8, 4) is 28.4 Å². The molecule has 2 aromatic carbocycles. The number of hydrogen-bond acceptors (Lipinski definition) is 4. The number of imidazole rings is 1. The summed E-state index contributed by atoms with van der Waals surface area (Å²) < 4.78 is 7.37. The van der Waals surface area contributed by atoms with Gasteiger partial charge >= 0.3 is 5.97 Å². The van der Waals surface area contributed by atoms with Gasteiger partial charge in [-0.25, -0.2) is 9.97 Å². The highest BCUT2D eigenvalue weighted by atomic mass is 16.5. The molecule has 5 rings (SSSR count). The van der Waals surface area contributed by atoms with Crippen molar-refractivity contribution in [1.29, 1.82) is 0 Å². The van der Waals surface area contributed by atoms with E-state index < -0.39 is 0 Å². The molecule has 138 valence electrons. The Bertz CT molecular complexity index is 1200. The summed E-state index contributed by atoms with van der Waals surface area (Å²) >= 11 is 0. The van der Waals surface area contributed by atoms with Crippen molar-refractivity contribution in [2.24, 2.45) is 0 Å². The van der Waals surface area contributed by atoms with Crippen LogP contribution in [-0.2, 0) is 17.6 Å². The minimum absolute atomic E-state index is 0.376. The van der Waals surface area contributed by atoms with Crippen molar-refractivity contribution >= 4 is 11.6 Å². The minimum atomic E-state index is -0.376. The van der Waals surface area contributed by atoms with Gasteiger partial charge in [-0.3, -0.25) is 9.20 Å². The van der Waals surface area contributed by atoms with E-state index in [9.17, 15) is 4.79 Å². The van der Waals surface area contributed by atoms with Crippen molar-refractivity contribution in [2.75, 3.05) is 0 Å². The molecule has 0 radical (unpaired) electrons. The molecule has 0 atom stereocenters. The normalized spacial score (nSPS) is 12.9. The molecule has 1 aliphatic carbocycles. The first-order chi connectivity index (χ1) is 13.7. The molecule has 0 N–H and O–H groups in total. The van der Waals surface area contributed by atoms with E-state index in [1.807, 2.05) is 36.4 Å². The predicted octanol–water partition coefficient (Wildman–Crippen LogP) is 4.48. The molecule has 0 unspecified atom stereocenters. The third kappa shape index (κ3) is 2.67. The van der Waals surface area contributed by atoms with E-state index >= 15 is 0 Å². The van der Waals surface area contributed by atoms with Crippen LogP contribution in [0.1, 0.15) is 24.5 Å². The Kier molecular flexibility index (Phi) is 3.93. The number of rotatable bonds is 2. The highest BCUT2D eigenvalue weighted by Crippen LogP contribution is 2.37. The molecule has 5 nitrogen and oxygen atoms in total. The Morgan fingerprint density at radius 1 is 1.00 bits per heavy atom. The number of aromatic nitrogens is 3. The van der Waals surface area contributed by atoms with Crippen LogP contribution in [0.3, 0.4) is 0 Å². The maximum atomic E-state index is 11.8. The summed E-state index contributed by atoms with van der Waals surface area (Å²) in [6.45, 7) is 1.40. The Labute approximate surface area is 162 Å². The molecule has 0 fully saturated rings. The molecule has 0 saturated carbocycles. The molecule has 0 saturated heterocycles. The summed E-state index contributed by atoms with van der Waals surface area (Å²) in [5.41, 5.74) is 6.91. The van der Waals surface area contributed by atoms with Gasteiger partial charge in [-0.15, -0.1) is 0 Å². The zero-order chi connectivity index (χ0) is 19.1. The molecule has 0 amide bonds. The van der Waals surface area contributed by atoms with Crippen LogP contribution in [0.4, 0.5) is 0 Å². The van der Waals surface area contributed by atoms with Gasteiger partial charge in [-0.1, -0.05) is 54.6 Å². The van der Waals surface area contributed by atoms with Gasteiger partial charge in [-0.2, -0.15) is 0 Å². The molecule has 0 bridgehead atoms. The molecule has 0 aliphatic heterocycles. The summed E-state index contributed by atoms with van der Waals surface area (Å²) in [7, 11) is 0. The number of carbonyl (C=O) groups is 1. The third-order valence-corrected chi connectivity index (χ3v) is 5.16. The molecule has 2 heterocycles. The number of nitrogens with zero attached hydrogens (tertiary/aromatic N) is 3. The fraction of sp³-hybridized carbons (Fsp3) is 0.174. The van der Waals surface area contributed by atoms with Gasteiger partial charge in [-0.05, 0) is 24.8 Å². The van der Waals surface area contributed by atoms with Gasteiger partial charge in [0.1, 0.15) is 17.7 Å². The van der Waals surface area contributed by atoms with Crippen LogP contribution in [0, 0.1) is 0 Å². The summed E-state index contributed by atoms with van der Waals surface area (Å²) in [6, 6.07) is 18.2. The highest BCUT2D eigenvalue weighted by molar-refractivity contribution is 5.79. The van der Waals surface area contributed by atoms with Gasteiger partial charge in [0, 0.05) is 23.6 Å². The van der Waals surface area contributed by atoms with Crippen LogP contribution >= 0.6 is 0 Å². The summed E-state index contributed by atoms with van der Waals surface area (Å²) in [6.07, 6.45) is 4.64. The number of fused-ring (bicyclic) bond motifs is 5. The monoisotopic (exact) mass is 369 g/mol. The van der Waals surface area contributed by atoms with Crippen molar-refractivity contribution in [3.05, 3.63) is 72.1 Å². The average molecular weight is 369 g/mol. The quantitative estimate of drug-likeness (QED) is 0.489. The summed E-state index contributed by atoms with van der Waals surface area (Å²) in [5, 5.41) is 0. The second-order valence-corrected chi connectivity index (χ2v) is 7.00. The molecule has 28 heavy (non-hydrogen) atoms. The van der Waals surface area contributed by atoms with Gasteiger partial charge in [0.05, 0.1) is 5.69 Å². The van der Waals surface area contributed by atoms with Crippen LogP contribution in [0.2, 0.25) is 0 Å². The number of carbonyl (C=O) groups excluding carboxylic acids is 1. The van der Waals surface area contributed by atoms with Gasteiger partial charge < -0.3 is 4.74 Å². The van der Waals surface area contributed by atoms with E-state index in [1.165, 1.54) is 12.5 Å². The number of ether oxygens (including phenoxy) is 1. The number of esters is 1. The lowest BCUT2D eigenvalue weighted by atomic mass is 10.0. The standard InChI is InChI=1S/C23H19N3O2/c1-15(27)28-23-20(17-9-3-2-4-10-17)25-22-19-13-7-11-16-8-5-6-12-18(16)21(19)24-14-26(22)23/h2-6,8-10,12,14H,7,11,13H2,1H3. The Hall–Kier alpha value is -3.47. The first-order valence-electron chi connectivity index (χ1n) is 9.44. The fourth-order valence-corrected chi connectivity index (χ4v) is 3.94. The Morgan fingerprint density at radius 3 is 2.61 bits per heavy atom. The molecule has 0 spiro atoms. The zero-order valence-corrected chi connectivity index (χ0v) is 15.6. The molecule has 2 aromatic heterocycles. The topological polar surface area (TPSA) is 56.5 Å². The lowest BCUT2D eigenvalue weighted by Crippen LogP contribution is -2.06. The van der Waals surface area contributed by atoms with Crippen molar-refractivity contribution in [3.63, 3.8) is 0 Å². The molecule has 1 aliphatic rings. The van der Waals surface area contributed by atoms with Crippen LogP contribution in [0.5, 0.6) is 5.88 Å². The maximum absolute atomic E-state index is 11.8. The molecule has 5 heteroatoms. The van der Waals surface area contributed by atoms with E-state index in [4.69, 9.17) is 14.7 Å². The van der Waals surface area contributed by atoms with E-state index in [0.29, 0.717) is 11.6 Å². The van der Waals surface area contributed by atoms with Crippen molar-refractivity contribution in [2.45, 2.75) is 26.2 Å². The third-order valence-electron chi connectivity index (χ3n) is 5.16. The zero-order valence-electron chi connectivity index (χ0n) is 15.6. The van der Waals surface area contributed by atoms with Gasteiger partial charge in [0.15, 0.2) is 0 Å². The van der Waals surface area contributed by atoms with Crippen molar-refractivity contribution < 1.29 is 9.53 Å². The van der Waals surface area contributed by atoms with Crippen LogP contribution in [-0.4, -0.2) is 20.3 Å². The minimum Gasteiger partial charge on any atom is -0.407 e. The first-order valence-corrected chi connectivity index (χ1v) is 9.44. The largest absolute Gasteiger partial charge is 0.407 e. The smallest absolute Gasteiger partial charge is 0.309 e. The average Bonchev–Trinajstić information content (AvgIpc) is 2.96. The lowest BCUT2D eigenvalue weighted by molar-refractivity contribution is -0.132. The lowest BCUT2D eigenvalue weighted by Gasteiger charge is -2.10. The van der Waals surface area contributed by atoms with Gasteiger partial charge in [0.25, 0.3) is 0 Å². The van der Waals surface area contributed by atoms with Crippen LogP contribution < -0.4 is 4.74 Å². The first kappa shape index (κ1) is 16.7. The van der Waals surface area contributed by atoms with Crippen molar-refractivity contribution in [1.82, 2.24) is 14.4 Å². The number of benzene rings is 2. The number of aryl methyl sites for hydroxylation is 2. The summed E-state index contributed by atoms with van der Waals surface area (Å²) in [5.74, 6) is 0.0424. The fourth-order valence-electron chi connectivity index (χ4n) is 3.94. The van der Waals surface area contributed by atoms with Crippen LogP contribution in [0.25, 0.3) is 28.2 Å². The second-order valence-electron chi connectivity index (χ2n) is 7.00. The molecular weight excluding hydrogens is 350 g/mol. The Balaban J connectivity index is 1.80. The second kappa shape index (κ2) is 6.60. The maximum Gasteiger partial charge on any atom is 0.309 e. The SMILES string of the molecule is CC(=O)Oc1c(-c2ccccc2)nc2c3c(ncn12)-c1ccccc1CCC3. The highest BCUT2D eigenvalue weighted by Gasteiger charge is 2.24. The number of hydrogen-bond donors (Lipinski definition) is 0. The van der Waals surface area contributed by atoms with E-state index in [2.05, 4.69) is 18.2 Å².